The van der Waals surface area contributed by atoms with Crippen molar-refractivity contribution >= 4 is 35.0 Å². The summed E-state index contributed by atoms with van der Waals surface area (Å²) in [7, 11) is 0. The number of benzene rings is 1. The third kappa shape index (κ3) is 3.56. The summed E-state index contributed by atoms with van der Waals surface area (Å²) in [6.07, 6.45) is 2.90. The number of nitrogens with zero attached hydrogens (tertiary/aromatic N) is 1. The highest BCUT2D eigenvalue weighted by atomic mass is 35.5. The molecule has 0 saturated carbocycles. The average molecular weight is 310 g/mol. The number of pyridine rings is 1. The Morgan fingerprint density at radius 1 is 1.20 bits per heavy atom. The van der Waals surface area contributed by atoms with E-state index < -0.39 is 18.4 Å². The Hall–Kier alpha value is -1.91. The van der Waals surface area contributed by atoms with E-state index in [1.807, 2.05) is 0 Å². The molecule has 0 atom stereocenters. The summed E-state index contributed by atoms with van der Waals surface area (Å²) in [5.74, 6) is -1.01. The van der Waals surface area contributed by atoms with Gasteiger partial charge in [0.1, 0.15) is 0 Å². The first kappa shape index (κ1) is 14.5. The summed E-state index contributed by atoms with van der Waals surface area (Å²) in [6, 6.07) is 7.65. The molecule has 1 aromatic carbocycles. The number of carbonyl (C=O) groups excluding carboxylic acids is 2. The number of hydrogen-bond donors (Lipinski definition) is 0. The van der Waals surface area contributed by atoms with Crippen molar-refractivity contribution in [2.45, 2.75) is 0 Å². The van der Waals surface area contributed by atoms with Crippen molar-refractivity contribution in [3.63, 3.8) is 0 Å². The second-order valence-corrected chi connectivity index (χ2v) is 4.71. The molecule has 0 spiro atoms. The van der Waals surface area contributed by atoms with Gasteiger partial charge in [-0.2, -0.15) is 0 Å². The van der Waals surface area contributed by atoms with Crippen LogP contribution in [0.3, 0.4) is 0 Å². The van der Waals surface area contributed by atoms with E-state index in [2.05, 4.69) is 4.98 Å². The second-order valence-electron chi connectivity index (χ2n) is 3.87. The molecule has 0 amide bonds. The summed E-state index contributed by atoms with van der Waals surface area (Å²) >= 11 is 11.6. The van der Waals surface area contributed by atoms with Crippen LogP contribution in [0, 0.1) is 0 Å². The molecule has 0 aliphatic heterocycles. The Morgan fingerprint density at radius 3 is 2.65 bits per heavy atom. The summed E-state index contributed by atoms with van der Waals surface area (Å²) in [6.45, 7) is -0.394. The number of Topliss-reactive ketones (excluding diaryl/α,β-unsaturated/α-hetero) is 1. The highest BCUT2D eigenvalue weighted by Gasteiger charge is 2.14. The molecule has 0 fully saturated rings. The first-order valence-electron chi connectivity index (χ1n) is 5.63. The minimum atomic E-state index is -0.614. The van der Waals surface area contributed by atoms with E-state index >= 15 is 0 Å². The zero-order valence-electron chi connectivity index (χ0n) is 10.2. The second kappa shape index (κ2) is 6.50. The molecule has 0 unspecified atom stereocenters. The maximum Gasteiger partial charge on any atom is 0.340 e. The van der Waals surface area contributed by atoms with Crippen molar-refractivity contribution in [1.82, 2.24) is 4.98 Å². The summed E-state index contributed by atoms with van der Waals surface area (Å²) in [5.41, 5.74) is 0.539. The highest BCUT2D eigenvalue weighted by molar-refractivity contribution is 6.36. The Kier molecular flexibility index (Phi) is 4.71. The van der Waals surface area contributed by atoms with Crippen LogP contribution < -0.4 is 0 Å². The minimum Gasteiger partial charge on any atom is -0.454 e. The summed E-state index contributed by atoms with van der Waals surface area (Å²) in [5, 5.41) is 0.652. The van der Waals surface area contributed by atoms with Gasteiger partial charge < -0.3 is 4.74 Å². The molecule has 0 N–H and O–H groups in total. The third-order valence-electron chi connectivity index (χ3n) is 2.46. The lowest BCUT2D eigenvalue weighted by Crippen LogP contribution is -2.14. The smallest absolute Gasteiger partial charge is 0.340 e. The summed E-state index contributed by atoms with van der Waals surface area (Å²) < 4.78 is 4.91. The normalized spacial score (nSPS) is 10.1. The Balaban J connectivity index is 2.00. The maximum absolute atomic E-state index is 11.9. The van der Waals surface area contributed by atoms with Gasteiger partial charge in [-0.25, -0.2) is 4.79 Å². The number of rotatable bonds is 4. The van der Waals surface area contributed by atoms with Crippen LogP contribution in [-0.2, 0) is 4.74 Å². The number of aromatic nitrogens is 1. The third-order valence-corrected chi connectivity index (χ3v) is 3.01. The van der Waals surface area contributed by atoms with Crippen molar-refractivity contribution in [2.75, 3.05) is 6.61 Å². The largest absolute Gasteiger partial charge is 0.454 e. The lowest BCUT2D eigenvalue weighted by Gasteiger charge is -2.05. The van der Waals surface area contributed by atoms with E-state index in [1.54, 1.807) is 18.2 Å². The van der Waals surface area contributed by atoms with Crippen molar-refractivity contribution < 1.29 is 14.3 Å². The summed E-state index contributed by atoms with van der Waals surface area (Å²) in [4.78, 5) is 27.3. The fourth-order valence-electron chi connectivity index (χ4n) is 1.49. The average Bonchev–Trinajstić information content (AvgIpc) is 2.45. The van der Waals surface area contributed by atoms with Crippen molar-refractivity contribution in [2.24, 2.45) is 0 Å². The van der Waals surface area contributed by atoms with Gasteiger partial charge >= 0.3 is 5.97 Å². The zero-order valence-corrected chi connectivity index (χ0v) is 11.7. The lowest BCUT2D eigenvalue weighted by molar-refractivity contribution is 0.0474. The molecule has 20 heavy (non-hydrogen) atoms. The van der Waals surface area contributed by atoms with Crippen LogP contribution in [0.5, 0.6) is 0 Å². The van der Waals surface area contributed by atoms with Crippen LogP contribution in [0.4, 0.5) is 0 Å². The molecular weight excluding hydrogens is 301 g/mol. The molecule has 6 heteroatoms. The molecule has 0 aliphatic carbocycles. The van der Waals surface area contributed by atoms with E-state index in [0.29, 0.717) is 5.02 Å². The topological polar surface area (TPSA) is 56.3 Å². The van der Waals surface area contributed by atoms with Gasteiger partial charge in [-0.15, -0.1) is 0 Å². The van der Waals surface area contributed by atoms with Gasteiger partial charge in [-0.1, -0.05) is 23.2 Å². The molecule has 0 saturated heterocycles. The Morgan fingerprint density at radius 2 is 2.00 bits per heavy atom. The van der Waals surface area contributed by atoms with Gasteiger partial charge in [-0.3, -0.25) is 9.78 Å². The molecule has 2 rings (SSSR count). The molecule has 0 aliphatic rings. The predicted octanol–water partition coefficient (Wildman–Crippen LogP) is 3.43. The fraction of sp³-hybridized carbons (Fsp3) is 0.0714. The number of carbonyl (C=O) groups is 2. The van der Waals surface area contributed by atoms with Crippen LogP contribution in [0.2, 0.25) is 10.0 Å². The quantitative estimate of drug-likeness (QED) is 0.641. The minimum absolute atomic E-state index is 0.222. The number of esters is 1. The molecule has 4 nitrogen and oxygen atoms in total. The molecule has 0 bridgehead atoms. The van der Waals surface area contributed by atoms with Gasteiger partial charge in [0, 0.05) is 23.0 Å². The van der Waals surface area contributed by atoms with Crippen LogP contribution in [0.15, 0.2) is 42.7 Å². The lowest BCUT2D eigenvalue weighted by atomic mass is 10.1. The molecule has 102 valence electrons. The molecular formula is C14H9Cl2NO3. The van der Waals surface area contributed by atoms with Crippen molar-refractivity contribution in [3.05, 3.63) is 63.9 Å². The van der Waals surface area contributed by atoms with Crippen LogP contribution in [-0.4, -0.2) is 23.3 Å². The van der Waals surface area contributed by atoms with Gasteiger partial charge in [-0.05, 0) is 30.3 Å². The molecule has 2 aromatic rings. The Bertz CT molecular complexity index is 644. The standard InChI is InChI=1S/C14H9Cl2NO3/c15-10-3-4-11(12(16)6-10)13(18)8-20-14(19)9-2-1-5-17-7-9/h1-7H,8H2. The van der Waals surface area contributed by atoms with Crippen LogP contribution in [0.1, 0.15) is 20.7 Å². The number of halogens is 2. The highest BCUT2D eigenvalue weighted by Crippen LogP contribution is 2.21. The fourth-order valence-corrected chi connectivity index (χ4v) is 2.01. The molecule has 0 radical (unpaired) electrons. The van der Waals surface area contributed by atoms with E-state index in [4.69, 9.17) is 27.9 Å². The molecule has 1 aromatic heterocycles. The first-order valence-corrected chi connectivity index (χ1v) is 6.39. The van der Waals surface area contributed by atoms with E-state index in [0.717, 1.165) is 0 Å². The van der Waals surface area contributed by atoms with Gasteiger partial charge in [0.05, 0.1) is 10.6 Å². The zero-order chi connectivity index (χ0) is 14.5. The van der Waals surface area contributed by atoms with Gasteiger partial charge in [0.25, 0.3) is 0 Å². The van der Waals surface area contributed by atoms with Crippen LogP contribution >= 0.6 is 23.2 Å². The maximum atomic E-state index is 11.9. The van der Waals surface area contributed by atoms with Crippen LogP contribution in [0.25, 0.3) is 0 Å². The van der Waals surface area contributed by atoms with Crippen molar-refractivity contribution in [1.29, 1.82) is 0 Å². The monoisotopic (exact) mass is 309 g/mol. The predicted molar refractivity (Wildman–Crippen MR) is 75.3 cm³/mol. The van der Waals surface area contributed by atoms with Gasteiger partial charge in [0.15, 0.2) is 6.61 Å². The van der Waals surface area contributed by atoms with E-state index in [9.17, 15) is 9.59 Å². The number of ether oxygens (including phenoxy) is 1. The molecule has 1 heterocycles. The van der Waals surface area contributed by atoms with Gasteiger partial charge in [0.2, 0.25) is 5.78 Å². The number of hydrogen-bond acceptors (Lipinski definition) is 4. The first-order chi connectivity index (χ1) is 9.58. The van der Waals surface area contributed by atoms with E-state index in [1.165, 1.54) is 24.5 Å². The Labute approximate surface area is 125 Å². The van der Waals surface area contributed by atoms with E-state index in [-0.39, 0.29) is 16.1 Å². The SMILES string of the molecule is O=C(OCC(=O)c1ccc(Cl)cc1Cl)c1cccnc1. The number of ketones is 1. The van der Waals surface area contributed by atoms with Crippen molar-refractivity contribution in [3.8, 4) is 0 Å².